The second kappa shape index (κ2) is 9.22. The number of hydrogen-bond donors (Lipinski definition) is 2. The second-order valence-electron chi connectivity index (χ2n) is 7.70. The highest BCUT2D eigenvalue weighted by molar-refractivity contribution is 5.88. The van der Waals surface area contributed by atoms with Gasteiger partial charge in [0.15, 0.2) is 0 Å². The molecule has 0 saturated carbocycles. The Kier molecular flexibility index (Phi) is 6.24. The van der Waals surface area contributed by atoms with Crippen LogP contribution in [0.2, 0.25) is 0 Å². The molecule has 0 bridgehead atoms. The van der Waals surface area contributed by atoms with Crippen LogP contribution in [0.5, 0.6) is 0 Å². The fourth-order valence-electron chi connectivity index (χ4n) is 4.22. The van der Waals surface area contributed by atoms with Crippen LogP contribution in [0.25, 0.3) is 0 Å². The molecule has 3 heterocycles. The monoisotopic (exact) mass is 395 g/mol. The van der Waals surface area contributed by atoms with E-state index in [9.17, 15) is 4.79 Å². The molecule has 7 nitrogen and oxygen atoms in total. The number of anilines is 2. The van der Waals surface area contributed by atoms with Crippen LogP contribution in [0.1, 0.15) is 31.2 Å². The average molecular weight is 396 g/mol. The van der Waals surface area contributed by atoms with Crippen molar-refractivity contribution in [1.82, 2.24) is 15.3 Å². The van der Waals surface area contributed by atoms with Crippen LogP contribution in [0, 0.1) is 0 Å². The first-order chi connectivity index (χ1) is 14.3. The van der Waals surface area contributed by atoms with E-state index < -0.39 is 5.41 Å². The van der Waals surface area contributed by atoms with Crippen molar-refractivity contribution in [3.63, 3.8) is 0 Å². The van der Waals surface area contributed by atoms with E-state index in [2.05, 4.69) is 25.5 Å². The smallest absolute Gasteiger partial charge is 0.230 e. The van der Waals surface area contributed by atoms with E-state index in [-0.39, 0.29) is 5.91 Å². The van der Waals surface area contributed by atoms with Crippen LogP contribution >= 0.6 is 0 Å². The molecule has 2 saturated heterocycles. The van der Waals surface area contributed by atoms with Gasteiger partial charge in [-0.15, -0.1) is 0 Å². The van der Waals surface area contributed by atoms with E-state index in [4.69, 9.17) is 4.74 Å². The molecule has 1 amide bonds. The van der Waals surface area contributed by atoms with Gasteiger partial charge in [0.1, 0.15) is 18.0 Å². The lowest BCUT2D eigenvalue weighted by Gasteiger charge is -2.36. The predicted octanol–water partition coefficient (Wildman–Crippen LogP) is 2.35. The molecule has 7 heteroatoms. The van der Waals surface area contributed by atoms with Gasteiger partial charge in [0.25, 0.3) is 0 Å². The highest BCUT2D eigenvalue weighted by Gasteiger charge is 2.41. The van der Waals surface area contributed by atoms with E-state index in [1.807, 2.05) is 36.4 Å². The average Bonchev–Trinajstić information content (AvgIpc) is 3.33. The highest BCUT2D eigenvalue weighted by Crippen LogP contribution is 2.35. The zero-order valence-electron chi connectivity index (χ0n) is 16.8. The number of carbonyl (C=O) groups is 1. The van der Waals surface area contributed by atoms with Gasteiger partial charge in [-0.25, -0.2) is 9.97 Å². The molecule has 2 fully saturated rings. The highest BCUT2D eigenvalue weighted by atomic mass is 16.5. The summed E-state index contributed by atoms with van der Waals surface area (Å²) in [5.41, 5.74) is 0.567. The summed E-state index contributed by atoms with van der Waals surface area (Å²) in [5.74, 6) is 1.84. The number of amides is 1. The first kappa shape index (κ1) is 19.6. The summed E-state index contributed by atoms with van der Waals surface area (Å²) in [7, 11) is 0. The fraction of sp³-hybridized carbons (Fsp3) is 0.500. The third-order valence-corrected chi connectivity index (χ3v) is 5.91. The molecule has 2 aromatic rings. The van der Waals surface area contributed by atoms with E-state index in [0.717, 1.165) is 30.3 Å². The van der Waals surface area contributed by atoms with Crippen LogP contribution in [0.15, 0.2) is 42.7 Å². The summed E-state index contributed by atoms with van der Waals surface area (Å²) in [5, 5.41) is 6.42. The largest absolute Gasteiger partial charge is 0.381 e. The van der Waals surface area contributed by atoms with Crippen molar-refractivity contribution in [2.24, 2.45) is 0 Å². The number of rotatable bonds is 7. The van der Waals surface area contributed by atoms with Crippen LogP contribution in [0.3, 0.4) is 0 Å². The van der Waals surface area contributed by atoms with E-state index in [1.165, 1.54) is 12.8 Å². The van der Waals surface area contributed by atoms with E-state index in [1.54, 1.807) is 6.33 Å². The summed E-state index contributed by atoms with van der Waals surface area (Å²) in [6.07, 6.45) is 5.45. The maximum absolute atomic E-state index is 13.1. The molecular formula is C22H29N5O2. The topological polar surface area (TPSA) is 79.4 Å². The lowest BCUT2D eigenvalue weighted by molar-refractivity contribution is -0.130. The molecule has 2 aliphatic heterocycles. The third kappa shape index (κ3) is 4.50. The maximum Gasteiger partial charge on any atom is 0.230 e. The van der Waals surface area contributed by atoms with Gasteiger partial charge in [0.2, 0.25) is 5.91 Å². The minimum absolute atomic E-state index is 0.0780. The molecule has 0 unspecified atom stereocenters. The van der Waals surface area contributed by atoms with Crippen molar-refractivity contribution >= 4 is 17.5 Å². The number of carbonyl (C=O) groups excluding carboxylic acids is 1. The molecule has 2 aliphatic rings. The Balaban J connectivity index is 1.33. The van der Waals surface area contributed by atoms with E-state index in [0.29, 0.717) is 39.1 Å². The Morgan fingerprint density at radius 3 is 2.59 bits per heavy atom. The van der Waals surface area contributed by atoms with Crippen LogP contribution in [-0.4, -0.2) is 55.3 Å². The van der Waals surface area contributed by atoms with Crippen molar-refractivity contribution in [3.05, 3.63) is 48.3 Å². The third-order valence-electron chi connectivity index (χ3n) is 5.91. The van der Waals surface area contributed by atoms with Gasteiger partial charge in [-0.2, -0.15) is 0 Å². The van der Waals surface area contributed by atoms with Crippen molar-refractivity contribution in [2.45, 2.75) is 31.1 Å². The van der Waals surface area contributed by atoms with Crippen LogP contribution < -0.4 is 15.5 Å². The Labute approximate surface area is 171 Å². The molecule has 1 aromatic heterocycles. The van der Waals surface area contributed by atoms with Gasteiger partial charge in [-0.3, -0.25) is 4.79 Å². The second-order valence-corrected chi connectivity index (χ2v) is 7.70. The lowest BCUT2D eigenvalue weighted by Crippen LogP contribution is -2.49. The maximum atomic E-state index is 13.1. The van der Waals surface area contributed by atoms with Crippen molar-refractivity contribution in [1.29, 1.82) is 0 Å². The zero-order chi connectivity index (χ0) is 19.9. The Morgan fingerprint density at radius 1 is 1.07 bits per heavy atom. The Bertz CT molecular complexity index is 802. The summed E-state index contributed by atoms with van der Waals surface area (Å²) in [6.45, 7) is 4.48. The van der Waals surface area contributed by atoms with Crippen LogP contribution in [-0.2, 0) is 14.9 Å². The number of nitrogens with one attached hydrogen (secondary N) is 2. The number of ether oxygens (including phenoxy) is 1. The van der Waals surface area contributed by atoms with Gasteiger partial charge in [-0.1, -0.05) is 30.3 Å². The lowest BCUT2D eigenvalue weighted by atomic mass is 9.73. The molecule has 154 valence electrons. The molecular weight excluding hydrogens is 366 g/mol. The molecule has 0 atom stereocenters. The van der Waals surface area contributed by atoms with Gasteiger partial charge < -0.3 is 20.3 Å². The molecule has 0 aliphatic carbocycles. The Hall–Kier alpha value is -2.67. The van der Waals surface area contributed by atoms with Gasteiger partial charge in [0.05, 0.1) is 5.41 Å². The number of hydrogen-bond acceptors (Lipinski definition) is 6. The summed E-state index contributed by atoms with van der Waals surface area (Å²) >= 11 is 0. The molecule has 1 aromatic carbocycles. The predicted molar refractivity (Wildman–Crippen MR) is 113 cm³/mol. The van der Waals surface area contributed by atoms with Crippen molar-refractivity contribution < 1.29 is 9.53 Å². The number of nitrogens with zero attached hydrogens (tertiary/aromatic N) is 3. The molecule has 29 heavy (non-hydrogen) atoms. The van der Waals surface area contributed by atoms with Crippen LogP contribution in [0.4, 0.5) is 11.6 Å². The standard InChI is InChI=1S/C22H29N5O2/c28-21(22(8-14-29-15-9-22)18-6-2-1-3-7-18)24-11-10-23-19-16-20(26-17-25-19)27-12-4-5-13-27/h1-3,6-7,16-17H,4-5,8-15H2,(H,24,28)(H,23,25,26). The minimum Gasteiger partial charge on any atom is -0.381 e. The normalized spacial score (nSPS) is 18.4. The fourth-order valence-corrected chi connectivity index (χ4v) is 4.22. The molecule has 4 rings (SSSR count). The zero-order valence-corrected chi connectivity index (χ0v) is 16.8. The van der Waals surface area contributed by atoms with E-state index >= 15 is 0 Å². The molecule has 2 N–H and O–H groups in total. The summed E-state index contributed by atoms with van der Waals surface area (Å²) in [6, 6.07) is 12.0. The summed E-state index contributed by atoms with van der Waals surface area (Å²) < 4.78 is 5.52. The number of aromatic nitrogens is 2. The SMILES string of the molecule is O=C(NCCNc1cc(N2CCCC2)ncn1)C1(c2ccccc2)CCOCC1. The quantitative estimate of drug-likeness (QED) is 0.701. The molecule has 0 radical (unpaired) electrons. The number of benzene rings is 1. The minimum atomic E-state index is -0.503. The summed E-state index contributed by atoms with van der Waals surface area (Å²) in [4.78, 5) is 24.1. The van der Waals surface area contributed by atoms with Gasteiger partial charge in [0, 0.05) is 45.5 Å². The van der Waals surface area contributed by atoms with Crippen molar-refractivity contribution in [3.8, 4) is 0 Å². The van der Waals surface area contributed by atoms with Crippen molar-refractivity contribution in [2.75, 3.05) is 49.6 Å². The van der Waals surface area contributed by atoms with Gasteiger partial charge in [-0.05, 0) is 31.2 Å². The first-order valence-corrected chi connectivity index (χ1v) is 10.5. The Morgan fingerprint density at radius 2 is 1.83 bits per heavy atom. The van der Waals surface area contributed by atoms with Gasteiger partial charge >= 0.3 is 0 Å². The molecule has 0 spiro atoms. The first-order valence-electron chi connectivity index (χ1n) is 10.5.